The molecule has 6 nitrogen and oxygen atoms in total. The minimum Gasteiger partial charge on any atom is -0.367 e. The molecule has 1 aromatic carbocycles. The van der Waals surface area contributed by atoms with Gasteiger partial charge in [0.1, 0.15) is 11.6 Å². The van der Waals surface area contributed by atoms with Gasteiger partial charge in [-0.2, -0.15) is 15.1 Å². The van der Waals surface area contributed by atoms with Gasteiger partial charge in [0.15, 0.2) is 5.65 Å². The van der Waals surface area contributed by atoms with E-state index in [1.165, 1.54) is 31.4 Å². The first-order valence-electron chi connectivity index (χ1n) is 9.09. The van der Waals surface area contributed by atoms with Crippen molar-refractivity contribution in [3.05, 3.63) is 35.8 Å². The highest BCUT2D eigenvalue weighted by atomic mass is 19.1. The van der Waals surface area contributed by atoms with Crippen molar-refractivity contribution in [3.63, 3.8) is 0 Å². The van der Waals surface area contributed by atoms with E-state index in [0.717, 1.165) is 35.3 Å². The SMILES string of the molecule is Cc1ccc(F)cc1Nc1nc(NC2CCCCC2)c2cnn(C)c2n1. The summed E-state index contributed by atoms with van der Waals surface area (Å²) in [5.41, 5.74) is 2.34. The van der Waals surface area contributed by atoms with Crippen LogP contribution in [0.5, 0.6) is 0 Å². The Morgan fingerprint density at radius 3 is 2.77 bits per heavy atom. The van der Waals surface area contributed by atoms with Crippen LogP contribution in [0.2, 0.25) is 0 Å². The van der Waals surface area contributed by atoms with Gasteiger partial charge in [0, 0.05) is 18.8 Å². The van der Waals surface area contributed by atoms with E-state index >= 15 is 0 Å². The van der Waals surface area contributed by atoms with E-state index in [2.05, 4.69) is 25.7 Å². The molecule has 0 atom stereocenters. The molecule has 0 saturated heterocycles. The number of anilines is 3. The molecule has 0 spiro atoms. The van der Waals surface area contributed by atoms with E-state index in [1.807, 2.05) is 14.0 Å². The van der Waals surface area contributed by atoms with Crippen molar-refractivity contribution >= 4 is 28.5 Å². The predicted octanol–water partition coefficient (Wildman–Crippen LogP) is 4.30. The van der Waals surface area contributed by atoms with Gasteiger partial charge in [-0.05, 0) is 37.5 Å². The molecule has 136 valence electrons. The lowest BCUT2D eigenvalue weighted by molar-refractivity contribution is 0.462. The number of nitrogens with one attached hydrogen (secondary N) is 2. The molecule has 0 unspecified atom stereocenters. The third-order valence-corrected chi connectivity index (χ3v) is 4.98. The van der Waals surface area contributed by atoms with Crippen molar-refractivity contribution in [1.29, 1.82) is 0 Å². The minimum absolute atomic E-state index is 0.291. The summed E-state index contributed by atoms with van der Waals surface area (Å²) in [6.45, 7) is 1.92. The van der Waals surface area contributed by atoms with Crippen LogP contribution in [0.4, 0.5) is 21.8 Å². The maximum atomic E-state index is 13.6. The topological polar surface area (TPSA) is 67.7 Å². The average molecular weight is 354 g/mol. The van der Waals surface area contributed by atoms with Crippen molar-refractivity contribution in [2.45, 2.75) is 45.1 Å². The van der Waals surface area contributed by atoms with Crippen LogP contribution in [0.25, 0.3) is 11.0 Å². The summed E-state index contributed by atoms with van der Waals surface area (Å²) >= 11 is 0. The number of aryl methyl sites for hydroxylation is 2. The fourth-order valence-electron chi connectivity index (χ4n) is 3.48. The maximum Gasteiger partial charge on any atom is 0.231 e. The fourth-order valence-corrected chi connectivity index (χ4v) is 3.48. The lowest BCUT2D eigenvalue weighted by Crippen LogP contribution is -2.23. The molecular weight excluding hydrogens is 331 g/mol. The molecule has 2 N–H and O–H groups in total. The zero-order valence-corrected chi connectivity index (χ0v) is 15.1. The molecule has 0 aliphatic heterocycles. The quantitative estimate of drug-likeness (QED) is 0.731. The summed E-state index contributed by atoms with van der Waals surface area (Å²) in [5.74, 6) is 0.930. The number of benzene rings is 1. The van der Waals surface area contributed by atoms with Gasteiger partial charge in [0.05, 0.1) is 11.6 Å². The van der Waals surface area contributed by atoms with E-state index in [-0.39, 0.29) is 5.82 Å². The Morgan fingerprint density at radius 2 is 1.96 bits per heavy atom. The van der Waals surface area contributed by atoms with Gasteiger partial charge >= 0.3 is 0 Å². The summed E-state index contributed by atoms with van der Waals surface area (Å²) in [7, 11) is 1.86. The summed E-state index contributed by atoms with van der Waals surface area (Å²) in [5, 5.41) is 11.9. The van der Waals surface area contributed by atoms with Crippen LogP contribution in [0.1, 0.15) is 37.7 Å². The van der Waals surface area contributed by atoms with Crippen molar-refractivity contribution in [2.75, 3.05) is 10.6 Å². The van der Waals surface area contributed by atoms with E-state index in [1.54, 1.807) is 16.9 Å². The van der Waals surface area contributed by atoms with Gasteiger partial charge in [-0.3, -0.25) is 4.68 Å². The number of halogens is 1. The molecule has 26 heavy (non-hydrogen) atoms. The number of aromatic nitrogens is 4. The van der Waals surface area contributed by atoms with Gasteiger partial charge in [-0.25, -0.2) is 4.39 Å². The molecule has 2 aromatic heterocycles. The first-order valence-corrected chi connectivity index (χ1v) is 9.09. The molecule has 0 bridgehead atoms. The van der Waals surface area contributed by atoms with Crippen LogP contribution >= 0.6 is 0 Å². The Bertz CT molecular complexity index is 929. The summed E-state index contributed by atoms with van der Waals surface area (Å²) in [6, 6.07) is 5.06. The van der Waals surface area contributed by atoms with Crippen LogP contribution in [0.3, 0.4) is 0 Å². The molecule has 7 heteroatoms. The number of nitrogens with zero attached hydrogens (tertiary/aromatic N) is 4. The first-order chi connectivity index (χ1) is 12.6. The molecule has 0 amide bonds. The number of hydrogen-bond acceptors (Lipinski definition) is 5. The molecule has 0 radical (unpaired) electrons. The molecule has 4 rings (SSSR count). The number of hydrogen-bond donors (Lipinski definition) is 2. The molecule has 1 saturated carbocycles. The van der Waals surface area contributed by atoms with Crippen molar-refractivity contribution in [1.82, 2.24) is 19.7 Å². The van der Waals surface area contributed by atoms with Gasteiger partial charge in [0.2, 0.25) is 5.95 Å². The van der Waals surface area contributed by atoms with E-state index in [4.69, 9.17) is 0 Å². The molecule has 1 aliphatic rings. The van der Waals surface area contributed by atoms with Crippen molar-refractivity contribution in [3.8, 4) is 0 Å². The Kier molecular flexibility index (Phi) is 4.44. The number of rotatable bonds is 4. The largest absolute Gasteiger partial charge is 0.367 e. The Labute approximate surface area is 151 Å². The predicted molar refractivity (Wildman–Crippen MR) is 101 cm³/mol. The first kappa shape index (κ1) is 16.8. The highest BCUT2D eigenvalue weighted by Crippen LogP contribution is 2.28. The van der Waals surface area contributed by atoms with Crippen LogP contribution in [0.15, 0.2) is 24.4 Å². The molecule has 1 fully saturated rings. The van der Waals surface area contributed by atoms with Crippen LogP contribution in [0, 0.1) is 12.7 Å². The second-order valence-corrected chi connectivity index (χ2v) is 6.96. The second-order valence-electron chi connectivity index (χ2n) is 6.96. The third-order valence-electron chi connectivity index (χ3n) is 4.98. The smallest absolute Gasteiger partial charge is 0.231 e. The summed E-state index contributed by atoms with van der Waals surface area (Å²) < 4.78 is 15.3. The van der Waals surface area contributed by atoms with Crippen LogP contribution in [-0.2, 0) is 7.05 Å². The zero-order valence-electron chi connectivity index (χ0n) is 15.1. The molecule has 1 aliphatic carbocycles. The van der Waals surface area contributed by atoms with Crippen molar-refractivity contribution in [2.24, 2.45) is 7.05 Å². The van der Waals surface area contributed by atoms with Gasteiger partial charge < -0.3 is 10.6 Å². The Morgan fingerprint density at radius 1 is 1.15 bits per heavy atom. The van der Waals surface area contributed by atoms with Crippen LogP contribution in [-0.4, -0.2) is 25.8 Å². The second kappa shape index (κ2) is 6.90. The van der Waals surface area contributed by atoms with Gasteiger partial charge in [-0.1, -0.05) is 25.3 Å². The highest BCUT2D eigenvalue weighted by Gasteiger charge is 2.18. The standard InChI is InChI=1S/C19H23FN6/c1-12-8-9-13(20)10-16(12)23-19-24-17(22-14-6-4-3-5-7-14)15-11-21-26(2)18(15)25-19/h8-11,14H,3-7H2,1-2H3,(H2,22,23,24,25). The molecule has 2 heterocycles. The summed E-state index contributed by atoms with van der Waals surface area (Å²) in [4.78, 5) is 9.24. The summed E-state index contributed by atoms with van der Waals surface area (Å²) in [6.07, 6.45) is 7.88. The number of fused-ring (bicyclic) bond motifs is 1. The van der Waals surface area contributed by atoms with Crippen molar-refractivity contribution < 1.29 is 4.39 Å². The fraction of sp³-hybridized carbons (Fsp3) is 0.421. The third kappa shape index (κ3) is 3.34. The van der Waals surface area contributed by atoms with E-state index < -0.39 is 0 Å². The van der Waals surface area contributed by atoms with Gasteiger partial charge in [0.25, 0.3) is 0 Å². The highest BCUT2D eigenvalue weighted by molar-refractivity contribution is 5.88. The Hall–Kier alpha value is -2.70. The lowest BCUT2D eigenvalue weighted by Gasteiger charge is -2.23. The Balaban J connectivity index is 1.70. The van der Waals surface area contributed by atoms with Crippen LogP contribution < -0.4 is 10.6 Å². The van der Waals surface area contributed by atoms with Gasteiger partial charge in [-0.15, -0.1) is 0 Å². The lowest BCUT2D eigenvalue weighted by atomic mass is 9.95. The monoisotopic (exact) mass is 354 g/mol. The minimum atomic E-state index is -0.291. The normalized spacial score (nSPS) is 15.3. The molecular formula is C19H23FN6. The maximum absolute atomic E-state index is 13.6. The zero-order chi connectivity index (χ0) is 18.1. The molecule has 3 aromatic rings. The average Bonchev–Trinajstić information content (AvgIpc) is 3.01. The van der Waals surface area contributed by atoms with E-state index in [9.17, 15) is 4.39 Å². The van der Waals surface area contributed by atoms with E-state index in [0.29, 0.717) is 17.7 Å².